The van der Waals surface area contributed by atoms with Crippen molar-refractivity contribution < 1.29 is 19.6 Å². The van der Waals surface area contributed by atoms with Gasteiger partial charge in [-0.05, 0) is 19.4 Å². The van der Waals surface area contributed by atoms with Crippen molar-refractivity contribution in [2.75, 3.05) is 0 Å². The summed E-state index contributed by atoms with van der Waals surface area (Å²) in [5.74, 6) is -1.12. The van der Waals surface area contributed by atoms with Crippen LogP contribution in [-0.2, 0) is 0 Å². The fourth-order valence-electron chi connectivity index (χ4n) is 1.58. The molecule has 0 saturated carbocycles. The zero-order chi connectivity index (χ0) is 13.7. The lowest BCUT2D eigenvalue weighted by Crippen LogP contribution is -2.13. The van der Waals surface area contributed by atoms with E-state index in [0.29, 0.717) is 0 Å². The molecule has 1 rings (SSSR count). The van der Waals surface area contributed by atoms with Crippen molar-refractivity contribution in [3.8, 4) is 5.75 Å². The summed E-state index contributed by atoms with van der Waals surface area (Å²) in [7, 11) is 0. The number of carbonyl (C=O) groups is 1. The van der Waals surface area contributed by atoms with E-state index < -0.39 is 10.9 Å². The van der Waals surface area contributed by atoms with E-state index in [1.807, 2.05) is 6.92 Å². The molecule has 0 radical (unpaired) electrons. The maximum Gasteiger partial charge on any atom is 0.339 e. The third-order valence-electron chi connectivity index (χ3n) is 2.43. The fourth-order valence-corrected chi connectivity index (χ4v) is 1.58. The molecule has 0 aliphatic rings. The highest BCUT2D eigenvalue weighted by Gasteiger charge is 2.18. The van der Waals surface area contributed by atoms with Crippen LogP contribution in [0.15, 0.2) is 18.2 Å². The molecule has 1 unspecified atom stereocenters. The number of nitro benzene ring substituents is 1. The summed E-state index contributed by atoms with van der Waals surface area (Å²) >= 11 is 0. The predicted octanol–water partition coefficient (Wildman–Crippen LogP) is 2.86. The SMILES string of the molecule is CCCC(C)Oc1cc([N+](=O)[O-])ccc1C(=O)O. The zero-order valence-electron chi connectivity index (χ0n) is 10.3. The van der Waals surface area contributed by atoms with Crippen LogP contribution in [-0.4, -0.2) is 22.1 Å². The first-order chi connectivity index (χ1) is 8.45. The van der Waals surface area contributed by atoms with Gasteiger partial charge in [0.1, 0.15) is 11.3 Å². The van der Waals surface area contributed by atoms with Crippen LogP contribution in [0.3, 0.4) is 0 Å². The van der Waals surface area contributed by atoms with Crippen molar-refractivity contribution >= 4 is 11.7 Å². The van der Waals surface area contributed by atoms with Gasteiger partial charge in [-0.3, -0.25) is 10.1 Å². The lowest BCUT2D eigenvalue weighted by Gasteiger charge is -2.15. The summed E-state index contributed by atoms with van der Waals surface area (Å²) in [5, 5.41) is 19.6. The van der Waals surface area contributed by atoms with Crippen LogP contribution >= 0.6 is 0 Å². The van der Waals surface area contributed by atoms with Gasteiger partial charge >= 0.3 is 5.97 Å². The van der Waals surface area contributed by atoms with Crippen LogP contribution in [0.5, 0.6) is 5.75 Å². The molecule has 98 valence electrons. The van der Waals surface area contributed by atoms with Gasteiger partial charge in [0.25, 0.3) is 5.69 Å². The van der Waals surface area contributed by atoms with Crippen molar-refractivity contribution in [3.63, 3.8) is 0 Å². The molecule has 0 aromatic heterocycles. The van der Waals surface area contributed by atoms with E-state index in [0.717, 1.165) is 25.0 Å². The van der Waals surface area contributed by atoms with E-state index in [2.05, 4.69) is 0 Å². The molecule has 6 heteroatoms. The molecular weight excluding hydrogens is 238 g/mol. The Balaban J connectivity index is 3.07. The number of ether oxygens (including phenoxy) is 1. The topological polar surface area (TPSA) is 89.7 Å². The van der Waals surface area contributed by atoms with E-state index in [-0.39, 0.29) is 23.1 Å². The van der Waals surface area contributed by atoms with Crippen molar-refractivity contribution in [1.82, 2.24) is 0 Å². The van der Waals surface area contributed by atoms with Crippen LogP contribution < -0.4 is 4.74 Å². The second kappa shape index (κ2) is 6.00. The Hall–Kier alpha value is -2.11. The number of hydrogen-bond acceptors (Lipinski definition) is 4. The van der Waals surface area contributed by atoms with Gasteiger partial charge < -0.3 is 9.84 Å². The van der Waals surface area contributed by atoms with Crippen LogP contribution in [0.2, 0.25) is 0 Å². The smallest absolute Gasteiger partial charge is 0.339 e. The number of carboxylic acids is 1. The van der Waals surface area contributed by atoms with E-state index >= 15 is 0 Å². The molecule has 1 N–H and O–H groups in total. The molecule has 18 heavy (non-hydrogen) atoms. The quantitative estimate of drug-likeness (QED) is 0.621. The maximum absolute atomic E-state index is 11.0. The first-order valence-corrected chi connectivity index (χ1v) is 5.64. The van der Waals surface area contributed by atoms with E-state index in [4.69, 9.17) is 9.84 Å². The minimum Gasteiger partial charge on any atom is -0.490 e. The van der Waals surface area contributed by atoms with E-state index in [9.17, 15) is 14.9 Å². The number of aromatic carboxylic acids is 1. The lowest BCUT2D eigenvalue weighted by molar-refractivity contribution is -0.384. The molecule has 0 fully saturated rings. The highest BCUT2D eigenvalue weighted by Crippen LogP contribution is 2.26. The van der Waals surface area contributed by atoms with Gasteiger partial charge in [0.15, 0.2) is 0 Å². The molecule has 0 aliphatic heterocycles. The van der Waals surface area contributed by atoms with Gasteiger partial charge in [0.05, 0.1) is 17.1 Å². The number of rotatable bonds is 6. The zero-order valence-corrected chi connectivity index (χ0v) is 10.3. The lowest BCUT2D eigenvalue weighted by atomic mass is 10.1. The number of benzene rings is 1. The van der Waals surface area contributed by atoms with Crippen molar-refractivity contribution in [3.05, 3.63) is 33.9 Å². The molecule has 0 aliphatic carbocycles. The summed E-state index contributed by atoms with van der Waals surface area (Å²) < 4.78 is 5.45. The molecule has 0 amide bonds. The van der Waals surface area contributed by atoms with E-state index in [1.165, 1.54) is 6.07 Å². The number of nitro groups is 1. The Kier molecular flexibility index (Phi) is 4.65. The first-order valence-electron chi connectivity index (χ1n) is 5.64. The van der Waals surface area contributed by atoms with Crippen LogP contribution in [0, 0.1) is 10.1 Å². The van der Waals surface area contributed by atoms with Crippen molar-refractivity contribution in [1.29, 1.82) is 0 Å². The van der Waals surface area contributed by atoms with Crippen molar-refractivity contribution in [2.45, 2.75) is 32.8 Å². The molecular formula is C12H15NO5. The summed E-state index contributed by atoms with van der Waals surface area (Å²) in [5.41, 5.74) is -0.248. The molecule has 1 atom stereocenters. The van der Waals surface area contributed by atoms with E-state index in [1.54, 1.807) is 6.92 Å². The normalized spacial score (nSPS) is 11.9. The third kappa shape index (κ3) is 3.44. The van der Waals surface area contributed by atoms with Gasteiger partial charge in [-0.15, -0.1) is 0 Å². The van der Waals surface area contributed by atoms with Gasteiger partial charge in [-0.1, -0.05) is 13.3 Å². The number of nitrogens with zero attached hydrogens (tertiary/aromatic N) is 1. The third-order valence-corrected chi connectivity index (χ3v) is 2.43. The average Bonchev–Trinajstić information content (AvgIpc) is 2.28. The Bertz CT molecular complexity index is 458. The summed E-state index contributed by atoms with van der Waals surface area (Å²) in [4.78, 5) is 21.1. The Morgan fingerprint density at radius 1 is 1.56 bits per heavy atom. The van der Waals surface area contributed by atoms with Crippen LogP contribution in [0.1, 0.15) is 37.0 Å². The molecule has 0 saturated heterocycles. The molecule has 6 nitrogen and oxygen atoms in total. The number of carboxylic acid groups (broad SMARTS) is 1. The fraction of sp³-hybridized carbons (Fsp3) is 0.417. The van der Waals surface area contributed by atoms with Gasteiger partial charge in [0.2, 0.25) is 0 Å². The predicted molar refractivity (Wildman–Crippen MR) is 65.1 cm³/mol. The Morgan fingerprint density at radius 2 is 2.22 bits per heavy atom. The monoisotopic (exact) mass is 253 g/mol. The molecule has 0 spiro atoms. The Morgan fingerprint density at radius 3 is 2.72 bits per heavy atom. The maximum atomic E-state index is 11.0. The van der Waals surface area contributed by atoms with Crippen molar-refractivity contribution in [2.24, 2.45) is 0 Å². The minimum absolute atomic E-state index is 0.0395. The minimum atomic E-state index is -1.16. The molecule has 0 heterocycles. The summed E-state index contributed by atoms with van der Waals surface area (Å²) in [6.07, 6.45) is 1.45. The highest BCUT2D eigenvalue weighted by molar-refractivity contribution is 5.91. The summed E-state index contributed by atoms with van der Waals surface area (Å²) in [6, 6.07) is 3.49. The van der Waals surface area contributed by atoms with Gasteiger partial charge in [-0.25, -0.2) is 4.79 Å². The van der Waals surface area contributed by atoms with Gasteiger partial charge in [0, 0.05) is 6.07 Å². The Labute approximate surface area is 104 Å². The van der Waals surface area contributed by atoms with Gasteiger partial charge in [-0.2, -0.15) is 0 Å². The average molecular weight is 253 g/mol. The number of hydrogen-bond donors (Lipinski definition) is 1. The molecule has 0 bridgehead atoms. The standard InChI is InChI=1S/C12H15NO5/c1-3-4-8(2)18-11-7-9(13(16)17)5-6-10(11)12(14)15/h5-8H,3-4H2,1-2H3,(H,14,15). The number of non-ortho nitro benzene ring substituents is 1. The summed E-state index contributed by atoms with van der Waals surface area (Å²) in [6.45, 7) is 3.78. The second-order valence-corrected chi connectivity index (χ2v) is 3.96. The van der Waals surface area contributed by atoms with Crippen LogP contribution in [0.25, 0.3) is 0 Å². The van der Waals surface area contributed by atoms with Crippen LogP contribution in [0.4, 0.5) is 5.69 Å². The second-order valence-electron chi connectivity index (χ2n) is 3.96. The molecule has 1 aromatic rings. The largest absolute Gasteiger partial charge is 0.490 e. The molecule has 1 aromatic carbocycles. The highest BCUT2D eigenvalue weighted by atomic mass is 16.6. The first kappa shape index (κ1) is 14.0.